The van der Waals surface area contributed by atoms with E-state index in [-0.39, 0.29) is 30.1 Å². The molecule has 0 aliphatic carbocycles. The van der Waals surface area contributed by atoms with E-state index in [0.717, 1.165) is 38.8 Å². The number of methoxy groups -OCH3 is 1. The average molecular weight is 482 g/mol. The van der Waals surface area contributed by atoms with Gasteiger partial charge in [-0.15, -0.1) is 0 Å². The van der Waals surface area contributed by atoms with Crippen LogP contribution in [-0.4, -0.2) is 72.8 Å². The van der Waals surface area contributed by atoms with Crippen molar-refractivity contribution in [2.75, 3.05) is 38.6 Å². The minimum Gasteiger partial charge on any atom is -0.497 e. The summed E-state index contributed by atoms with van der Waals surface area (Å²) in [5.74, 6) is 0.212. The van der Waals surface area contributed by atoms with Crippen LogP contribution in [0.2, 0.25) is 0 Å². The van der Waals surface area contributed by atoms with E-state index in [1.54, 1.807) is 48.4 Å². The number of nitrogens with one attached hydrogen (secondary N) is 2. The summed E-state index contributed by atoms with van der Waals surface area (Å²) in [6, 6.07) is 9.55. The highest BCUT2D eigenvalue weighted by molar-refractivity contribution is 6.09. The molecule has 3 amide bonds. The Morgan fingerprint density at radius 2 is 1.83 bits per heavy atom. The van der Waals surface area contributed by atoms with E-state index in [0.29, 0.717) is 24.4 Å². The maximum absolute atomic E-state index is 13.4. The molecule has 35 heavy (non-hydrogen) atoms. The van der Waals surface area contributed by atoms with Crippen LogP contribution in [0.25, 0.3) is 0 Å². The Bertz CT molecular complexity index is 1040. The standard InChI is InChI=1S/C25H31N5O5/c1-34-19-11-9-18(10-12-19)26-25(28-23(32)21-8-6-16-35-21)27-20-7-2-3-15-30(24(20)33)17-22(31)29-13-4-5-14-29/h6,8-12,16,20H,2-5,7,13-15,17H2,1H3,(H2,26,27,28,32). The number of anilines is 1. The molecule has 2 aliphatic rings. The number of ether oxygens (including phenoxy) is 1. The van der Waals surface area contributed by atoms with E-state index in [9.17, 15) is 14.4 Å². The number of likely N-dealkylation sites (tertiary alicyclic amines) is 2. The fourth-order valence-corrected chi connectivity index (χ4v) is 4.23. The monoisotopic (exact) mass is 481 g/mol. The number of benzene rings is 1. The third-order valence-electron chi connectivity index (χ3n) is 6.15. The van der Waals surface area contributed by atoms with Crippen LogP contribution in [0.4, 0.5) is 5.69 Å². The first kappa shape index (κ1) is 24.3. The van der Waals surface area contributed by atoms with Gasteiger partial charge in [-0.1, -0.05) is 0 Å². The van der Waals surface area contributed by atoms with Crippen LogP contribution < -0.4 is 15.4 Å². The third-order valence-corrected chi connectivity index (χ3v) is 6.15. The van der Waals surface area contributed by atoms with Crippen molar-refractivity contribution in [2.24, 2.45) is 4.99 Å². The number of guanidine groups is 1. The van der Waals surface area contributed by atoms with Gasteiger partial charge in [-0.3, -0.25) is 19.7 Å². The zero-order chi connectivity index (χ0) is 24.6. The first-order valence-corrected chi connectivity index (χ1v) is 11.9. The first-order chi connectivity index (χ1) is 17.0. The van der Waals surface area contributed by atoms with Gasteiger partial charge >= 0.3 is 0 Å². The predicted molar refractivity (Wildman–Crippen MR) is 130 cm³/mol. The van der Waals surface area contributed by atoms with Crippen LogP contribution in [0.5, 0.6) is 5.75 Å². The second kappa shape index (κ2) is 11.5. The van der Waals surface area contributed by atoms with Crippen molar-refractivity contribution in [3.05, 3.63) is 48.4 Å². The lowest BCUT2D eigenvalue weighted by atomic mass is 10.1. The van der Waals surface area contributed by atoms with Crippen molar-refractivity contribution >= 4 is 29.4 Å². The molecular formula is C25H31N5O5. The topological polar surface area (TPSA) is 116 Å². The molecule has 1 aromatic heterocycles. The van der Waals surface area contributed by atoms with Crippen LogP contribution in [-0.2, 0) is 9.59 Å². The fraction of sp³-hybridized carbons (Fsp3) is 0.440. The van der Waals surface area contributed by atoms with E-state index < -0.39 is 11.9 Å². The Morgan fingerprint density at radius 1 is 1.09 bits per heavy atom. The van der Waals surface area contributed by atoms with E-state index in [2.05, 4.69) is 15.6 Å². The van der Waals surface area contributed by atoms with Gasteiger partial charge in [0, 0.05) is 25.3 Å². The van der Waals surface area contributed by atoms with Crippen LogP contribution in [0.3, 0.4) is 0 Å². The lowest BCUT2D eigenvalue weighted by Crippen LogP contribution is -2.45. The minimum atomic E-state index is -0.721. The maximum atomic E-state index is 13.4. The van der Waals surface area contributed by atoms with Gasteiger partial charge in [-0.25, -0.2) is 4.99 Å². The minimum absolute atomic E-state index is 0.0248. The van der Waals surface area contributed by atoms with Crippen LogP contribution >= 0.6 is 0 Å². The molecular weight excluding hydrogens is 450 g/mol. The van der Waals surface area contributed by atoms with E-state index in [1.165, 1.54) is 6.26 Å². The van der Waals surface area contributed by atoms with Gasteiger partial charge in [0.05, 0.1) is 19.9 Å². The molecule has 186 valence electrons. The molecule has 1 aromatic carbocycles. The number of hydrogen-bond donors (Lipinski definition) is 2. The van der Waals surface area contributed by atoms with Crippen molar-refractivity contribution in [1.29, 1.82) is 0 Å². The molecule has 0 spiro atoms. The zero-order valence-corrected chi connectivity index (χ0v) is 19.9. The van der Waals surface area contributed by atoms with E-state index in [4.69, 9.17) is 9.15 Å². The largest absolute Gasteiger partial charge is 0.497 e. The Balaban J connectivity index is 1.53. The Morgan fingerprint density at radius 3 is 2.51 bits per heavy atom. The van der Waals surface area contributed by atoms with Gasteiger partial charge in [-0.2, -0.15) is 0 Å². The highest BCUT2D eigenvalue weighted by Crippen LogP contribution is 2.18. The van der Waals surface area contributed by atoms with Crippen LogP contribution in [0, 0.1) is 0 Å². The van der Waals surface area contributed by atoms with Gasteiger partial charge in [0.1, 0.15) is 11.8 Å². The number of furan rings is 1. The summed E-state index contributed by atoms with van der Waals surface area (Å²) >= 11 is 0. The summed E-state index contributed by atoms with van der Waals surface area (Å²) in [6.45, 7) is 2.07. The van der Waals surface area contributed by atoms with Crippen molar-refractivity contribution in [3.63, 3.8) is 0 Å². The lowest BCUT2D eigenvalue weighted by Gasteiger charge is -2.25. The van der Waals surface area contributed by atoms with Gasteiger partial charge in [-0.05, 0) is 68.5 Å². The highest BCUT2D eigenvalue weighted by atomic mass is 16.5. The van der Waals surface area contributed by atoms with Crippen molar-refractivity contribution < 1.29 is 23.5 Å². The van der Waals surface area contributed by atoms with Gasteiger partial charge in [0.2, 0.25) is 17.8 Å². The summed E-state index contributed by atoms with van der Waals surface area (Å²) in [5.41, 5.74) is 0.659. The van der Waals surface area contributed by atoms with Crippen molar-refractivity contribution in [2.45, 2.75) is 38.1 Å². The average Bonchev–Trinajstić information content (AvgIpc) is 3.57. The molecule has 10 nitrogen and oxygen atoms in total. The van der Waals surface area contributed by atoms with Gasteiger partial charge < -0.3 is 24.3 Å². The molecule has 0 radical (unpaired) electrons. The second-order valence-electron chi connectivity index (χ2n) is 8.62. The quantitative estimate of drug-likeness (QED) is 0.484. The van der Waals surface area contributed by atoms with Crippen molar-refractivity contribution in [1.82, 2.24) is 15.1 Å². The number of rotatable bonds is 6. The number of nitrogens with zero attached hydrogens (tertiary/aromatic N) is 3. The Labute approximate surface area is 204 Å². The Hall–Kier alpha value is -3.82. The Kier molecular flexibility index (Phi) is 8.02. The molecule has 0 bridgehead atoms. The molecule has 1 unspecified atom stereocenters. The second-order valence-corrected chi connectivity index (χ2v) is 8.62. The predicted octanol–water partition coefficient (Wildman–Crippen LogP) is 2.49. The number of amides is 3. The van der Waals surface area contributed by atoms with Crippen LogP contribution in [0.15, 0.2) is 52.1 Å². The summed E-state index contributed by atoms with van der Waals surface area (Å²) in [5, 5.41) is 5.80. The molecule has 2 saturated heterocycles. The number of aliphatic imine (C=N–C) groups is 1. The molecule has 3 heterocycles. The maximum Gasteiger partial charge on any atom is 0.293 e. The van der Waals surface area contributed by atoms with Gasteiger partial charge in [0.25, 0.3) is 5.91 Å². The van der Waals surface area contributed by atoms with Gasteiger partial charge in [0.15, 0.2) is 5.76 Å². The number of carbonyl (C=O) groups is 3. The molecule has 4 rings (SSSR count). The summed E-state index contributed by atoms with van der Waals surface area (Å²) < 4.78 is 10.4. The van der Waals surface area contributed by atoms with Crippen molar-refractivity contribution in [3.8, 4) is 5.75 Å². The number of hydrogen-bond acceptors (Lipinski definition) is 6. The SMILES string of the molecule is COc1ccc(NC(=NC2CCCCN(CC(=O)N3CCCC3)C2=O)NC(=O)c2ccco2)cc1. The number of carbonyl (C=O) groups excluding carboxylic acids is 3. The molecule has 2 fully saturated rings. The normalized spacial score (nSPS) is 18.8. The highest BCUT2D eigenvalue weighted by Gasteiger charge is 2.30. The lowest BCUT2D eigenvalue weighted by molar-refractivity contribution is -0.140. The molecule has 0 saturated carbocycles. The fourth-order valence-electron chi connectivity index (χ4n) is 4.23. The zero-order valence-electron chi connectivity index (χ0n) is 19.9. The van der Waals surface area contributed by atoms with E-state index >= 15 is 0 Å². The molecule has 10 heteroatoms. The van der Waals surface area contributed by atoms with E-state index in [1.807, 2.05) is 4.90 Å². The first-order valence-electron chi connectivity index (χ1n) is 11.9. The molecule has 2 aromatic rings. The molecule has 1 atom stereocenters. The molecule has 2 aliphatic heterocycles. The molecule has 2 N–H and O–H groups in total. The third kappa shape index (κ3) is 6.40. The smallest absolute Gasteiger partial charge is 0.293 e. The summed E-state index contributed by atoms with van der Waals surface area (Å²) in [4.78, 5) is 46.7. The van der Waals surface area contributed by atoms with Crippen LogP contribution in [0.1, 0.15) is 42.7 Å². The summed E-state index contributed by atoms with van der Waals surface area (Å²) in [6.07, 6.45) is 5.52. The summed E-state index contributed by atoms with van der Waals surface area (Å²) in [7, 11) is 1.58.